The van der Waals surface area contributed by atoms with E-state index in [0.29, 0.717) is 27.6 Å². The fourth-order valence-electron chi connectivity index (χ4n) is 2.35. The van der Waals surface area contributed by atoms with Gasteiger partial charge in [0, 0.05) is 10.2 Å². The van der Waals surface area contributed by atoms with Gasteiger partial charge in [-0.15, -0.1) is 0 Å². The van der Waals surface area contributed by atoms with Crippen molar-refractivity contribution < 1.29 is 19.1 Å². The molecule has 2 amide bonds. The number of hydrogen-bond acceptors (Lipinski definition) is 5. The molecule has 0 saturated carbocycles. The Morgan fingerprint density at radius 2 is 1.56 bits per heavy atom. The molecular weight excluding hydrogens is 521 g/mol. The van der Waals surface area contributed by atoms with Gasteiger partial charge < -0.3 is 10.1 Å². The van der Waals surface area contributed by atoms with E-state index in [4.69, 9.17) is 27.9 Å². The van der Waals surface area contributed by atoms with Crippen LogP contribution in [0.2, 0.25) is 10.0 Å². The molecule has 0 aliphatic heterocycles. The van der Waals surface area contributed by atoms with Crippen molar-refractivity contribution in [2.24, 2.45) is 5.10 Å². The second kappa shape index (κ2) is 10.9. The van der Waals surface area contributed by atoms with Crippen LogP contribution in [0.15, 0.2) is 76.3 Å². The lowest BCUT2D eigenvalue weighted by atomic mass is 10.2. The van der Waals surface area contributed by atoms with E-state index in [1.54, 1.807) is 48.5 Å². The van der Waals surface area contributed by atoms with Crippen LogP contribution in [-0.2, 0) is 9.59 Å². The highest BCUT2D eigenvalue weighted by molar-refractivity contribution is 9.10. The zero-order chi connectivity index (χ0) is 23.1. The lowest BCUT2D eigenvalue weighted by molar-refractivity contribution is -0.136. The first-order valence-electron chi connectivity index (χ1n) is 8.99. The number of carbonyl (C=O) groups excluding carboxylic acids is 3. The third-order valence-electron chi connectivity index (χ3n) is 3.93. The molecule has 2 N–H and O–H groups in total. The lowest BCUT2D eigenvalue weighted by Gasteiger charge is -2.05. The Morgan fingerprint density at radius 1 is 0.875 bits per heavy atom. The van der Waals surface area contributed by atoms with Gasteiger partial charge in [0.05, 0.1) is 21.8 Å². The Morgan fingerprint density at radius 3 is 2.22 bits per heavy atom. The van der Waals surface area contributed by atoms with E-state index in [0.717, 1.165) is 4.47 Å². The molecule has 3 rings (SSSR count). The van der Waals surface area contributed by atoms with Gasteiger partial charge in [0.2, 0.25) is 0 Å². The third kappa shape index (κ3) is 6.65. The summed E-state index contributed by atoms with van der Waals surface area (Å²) in [6, 6.07) is 17.6. The van der Waals surface area contributed by atoms with Gasteiger partial charge in [-0.25, -0.2) is 10.2 Å². The van der Waals surface area contributed by atoms with Crippen molar-refractivity contribution in [1.82, 2.24) is 5.43 Å². The van der Waals surface area contributed by atoms with Crippen LogP contribution in [0.5, 0.6) is 5.75 Å². The van der Waals surface area contributed by atoms with Crippen LogP contribution in [0.4, 0.5) is 5.69 Å². The second-order valence-electron chi connectivity index (χ2n) is 6.25. The normalized spacial score (nSPS) is 10.6. The standard InChI is InChI=1S/C22H14BrCl2N3O4/c23-15-5-3-14(4-6-15)22(31)32-17-8-1-13(2-9-17)12-26-28-21(30)20(29)27-16-7-10-18(24)19(25)11-16/h1-12H,(H,27,29)(H,28,30)/b26-12-. The van der Waals surface area contributed by atoms with Gasteiger partial charge in [-0.05, 0) is 72.3 Å². The molecule has 0 heterocycles. The van der Waals surface area contributed by atoms with E-state index < -0.39 is 17.8 Å². The van der Waals surface area contributed by atoms with Crippen LogP contribution >= 0.6 is 39.1 Å². The third-order valence-corrected chi connectivity index (χ3v) is 5.20. The van der Waals surface area contributed by atoms with Crippen molar-refractivity contribution in [3.63, 3.8) is 0 Å². The first kappa shape index (κ1) is 23.5. The van der Waals surface area contributed by atoms with Crippen molar-refractivity contribution in [2.75, 3.05) is 5.32 Å². The number of anilines is 1. The van der Waals surface area contributed by atoms with Gasteiger partial charge in [0.1, 0.15) is 5.75 Å². The topological polar surface area (TPSA) is 96.9 Å². The van der Waals surface area contributed by atoms with Crippen molar-refractivity contribution in [2.45, 2.75) is 0 Å². The van der Waals surface area contributed by atoms with Gasteiger partial charge in [0.25, 0.3) is 0 Å². The van der Waals surface area contributed by atoms with E-state index in [-0.39, 0.29) is 5.02 Å². The monoisotopic (exact) mass is 533 g/mol. The Kier molecular flexibility index (Phi) is 7.99. The van der Waals surface area contributed by atoms with Crippen molar-refractivity contribution in [3.8, 4) is 5.75 Å². The summed E-state index contributed by atoms with van der Waals surface area (Å²) in [7, 11) is 0. The summed E-state index contributed by atoms with van der Waals surface area (Å²) >= 11 is 15.0. The summed E-state index contributed by atoms with van der Waals surface area (Å²) in [5.74, 6) is -2.03. The number of ether oxygens (including phenoxy) is 1. The fraction of sp³-hybridized carbons (Fsp3) is 0. The number of hydrogen-bond donors (Lipinski definition) is 2. The van der Waals surface area contributed by atoms with E-state index in [1.165, 1.54) is 24.4 Å². The van der Waals surface area contributed by atoms with Crippen LogP contribution in [0.1, 0.15) is 15.9 Å². The van der Waals surface area contributed by atoms with Gasteiger partial charge in [-0.2, -0.15) is 5.10 Å². The number of hydrazone groups is 1. The molecule has 162 valence electrons. The first-order valence-corrected chi connectivity index (χ1v) is 10.5. The van der Waals surface area contributed by atoms with E-state index in [9.17, 15) is 14.4 Å². The summed E-state index contributed by atoms with van der Waals surface area (Å²) in [6.07, 6.45) is 1.34. The quantitative estimate of drug-likeness (QED) is 0.157. The zero-order valence-corrected chi connectivity index (χ0v) is 19.2. The second-order valence-corrected chi connectivity index (χ2v) is 7.98. The highest BCUT2D eigenvalue weighted by Crippen LogP contribution is 2.24. The molecular formula is C22H14BrCl2N3O4. The summed E-state index contributed by atoms with van der Waals surface area (Å²) in [4.78, 5) is 35.9. The molecule has 3 aromatic rings. The van der Waals surface area contributed by atoms with Gasteiger partial charge in [0.15, 0.2) is 0 Å². The van der Waals surface area contributed by atoms with Crippen molar-refractivity contribution in [3.05, 3.63) is 92.4 Å². The maximum absolute atomic E-state index is 12.1. The van der Waals surface area contributed by atoms with Crippen molar-refractivity contribution in [1.29, 1.82) is 0 Å². The molecule has 0 aliphatic carbocycles. The number of carbonyl (C=O) groups is 3. The number of benzene rings is 3. The maximum atomic E-state index is 12.1. The first-order chi connectivity index (χ1) is 15.3. The summed E-state index contributed by atoms with van der Waals surface area (Å²) < 4.78 is 6.16. The number of nitrogens with zero attached hydrogens (tertiary/aromatic N) is 1. The Bertz CT molecular complexity index is 1180. The van der Waals surface area contributed by atoms with E-state index >= 15 is 0 Å². The molecule has 3 aromatic carbocycles. The molecule has 10 heteroatoms. The molecule has 0 saturated heterocycles. The molecule has 0 fully saturated rings. The molecule has 0 atom stereocenters. The molecule has 0 radical (unpaired) electrons. The molecule has 0 aromatic heterocycles. The van der Waals surface area contributed by atoms with Crippen LogP contribution in [-0.4, -0.2) is 24.0 Å². The predicted molar refractivity (Wildman–Crippen MR) is 126 cm³/mol. The number of esters is 1. The summed E-state index contributed by atoms with van der Waals surface area (Å²) in [5.41, 5.74) is 3.46. The number of rotatable bonds is 5. The lowest BCUT2D eigenvalue weighted by Crippen LogP contribution is -2.32. The Hall–Kier alpha value is -3.20. The van der Waals surface area contributed by atoms with E-state index in [2.05, 4.69) is 31.8 Å². The van der Waals surface area contributed by atoms with Crippen LogP contribution in [0, 0.1) is 0 Å². The number of nitrogens with one attached hydrogen (secondary N) is 2. The highest BCUT2D eigenvalue weighted by Gasteiger charge is 2.13. The van der Waals surface area contributed by atoms with Gasteiger partial charge >= 0.3 is 17.8 Å². The van der Waals surface area contributed by atoms with Crippen LogP contribution < -0.4 is 15.5 Å². The minimum Gasteiger partial charge on any atom is -0.423 e. The van der Waals surface area contributed by atoms with Crippen LogP contribution in [0.25, 0.3) is 0 Å². The number of amides is 2. The maximum Gasteiger partial charge on any atom is 0.343 e. The number of halogens is 3. The molecule has 0 bridgehead atoms. The molecule has 7 nitrogen and oxygen atoms in total. The van der Waals surface area contributed by atoms with Gasteiger partial charge in [-0.3, -0.25) is 9.59 Å². The average molecular weight is 535 g/mol. The van der Waals surface area contributed by atoms with Gasteiger partial charge in [-0.1, -0.05) is 39.1 Å². The minimum atomic E-state index is -0.965. The SMILES string of the molecule is O=C(N/N=C\c1ccc(OC(=O)c2ccc(Br)cc2)cc1)C(=O)Nc1ccc(Cl)c(Cl)c1. The highest BCUT2D eigenvalue weighted by atomic mass is 79.9. The average Bonchev–Trinajstić information content (AvgIpc) is 2.77. The fourth-order valence-corrected chi connectivity index (χ4v) is 2.91. The predicted octanol–water partition coefficient (Wildman–Crippen LogP) is 5.06. The largest absolute Gasteiger partial charge is 0.423 e. The Balaban J connectivity index is 1.51. The van der Waals surface area contributed by atoms with E-state index in [1.807, 2.05) is 0 Å². The van der Waals surface area contributed by atoms with Crippen LogP contribution in [0.3, 0.4) is 0 Å². The zero-order valence-electron chi connectivity index (χ0n) is 16.1. The minimum absolute atomic E-state index is 0.244. The Labute approximate surface area is 201 Å². The molecule has 0 aliphatic rings. The molecule has 0 spiro atoms. The summed E-state index contributed by atoms with van der Waals surface area (Å²) in [6.45, 7) is 0. The van der Waals surface area contributed by atoms with Crippen molar-refractivity contribution >= 4 is 68.8 Å². The summed E-state index contributed by atoms with van der Waals surface area (Å²) in [5, 5.41) is 6.69. The molecule has 0 unspecified atom stereocenters. The molecule has 32 heavy (non-hydrogen) atoms. The smallest absolute Gasteiger partial charge is 0.343 e.